The number of hydrogen-bond acceptors (Lipinski definition) is 5. The molecule has 0 atom stereocenters. The van der Waals surface area contributed by atoms with Crippen LogP contribution >= 0.6 is 11.3 Å². The summed E-state index contributed by atoms with van der Waals surface area (Å²) in [5.41, 5.74) is 1.63. The van der Waals surface area contributed by atoms with Crippen LogP contribution in [0.5, 0.6) is 0 Å². The number of hydrogen-bond donors (Lipinski definition) is 1. The van der Waals surface area contributed by atoms with Crippen LogP contribution in [-0.4, -0.2) is 20.2 Å². The SMILES string of the molecule is Cc1ccc(C(=O)Nc2c(-c3ccc(F)cc3)nc3sccn23)cc1[N+](=O)[O-]. The van der Waals surface area contributed by atoms with E-state index in [9.17, 15) is 19.3 Å². The summed E-state index contributed by atoms with van der Waals surface area (Å²) in [6, 6.07) is 10.1. The Morgan fingerprint density at radius 3 is 2.71 bits per heavy atom. The summed E-state index contributed by atoms with van der Waals surface area (Å²) in [4.78, 5) is 28.6. The Balaban J connectivity index is 1.75. The van der Waals surface area contributed by atoms with Crippen molar-refractivity contribution in [2.45, 2.75) is 6.92 Å². The Hall–Kier alpha value is -3.59. The smallest absolute Gasteiger partial charge is 0.273 e. The van der Waals surface area contributed by atoms with Crippen molar-refractivity contribution in [1.82, 2.24) is 9.38 Å². The van der Waals surface area contributed by atoms with Crippen molar-refractivity contribution in [1.29, 1.82) is 0 Å². The number of aryl methyl sites for hydroxylation is 1. The van der Waals surface area contributed by atoms with Gasteiger partial charge in [-0.05, 0) is 37.3 Å². The lowest BCUT2D eigenvalue weighted by atomic mass is 10.1. The molecule has 0 aliphatic heterocycles. The molecule has 0 saturated carbocycles. The molecule has 0 aliphatic rings. The van der Waals surface area contributed by atoms with E-state index >= 15 is 0 Å². The molecule has 2 heterocycles. The number of carbonyl (C=O) groups excluding carboxylic acids is 1. The summed E-state index contributed by atoms with van der Waals surface area (Å²) < 4.78 is 15.0. The summed E-state index contributed by atoms with van der Waals surface area (Å²) in [6.45, 7) is 1.61. The first kappa shape index (κ1) is 17.8. The van der Waals surface area contributed by atoms with E-state index in [0.29, 0.717) is 27.6 Å². The third-order valence-electron chi connectivity index (χ3n) is 4.28. The second-order valence-electron chi connectivity index (χ2n) is 6.08. The molecule has 1 N–H and O–H groups in total. The van der Waals surface area contributed by atoms with Crippen molar-refractivity contribution >= 4 is 33.7 Å². The fourth-order valence-electron chi connectivity index (χ4n) is 2.84. The molecular weight excluding hydrogens is 383 g/mol. The number of imidazole rings is 1. The minimum absolute atomic E-state index is 0.125. The monoisotopic (exact) mass is 396 g/mol. The standard InChI is InChI=1S/C19H13FN4O3S/c1-11-2-3-13(10-15(11)24(26)27)18(25)22-17-16(12-4-6-14(20)7-5-12)21-19-23(17)8-9-28-19/h2-10H,1H3,(H,22,25). The highest BCUT2D eigenvalue weighted by Crippen LogP contribution is 2.31. The maximum atomic E-state index is 13.3. The Kier molecular flexibility index (Phi) is 4.36. The van der Waals surface area contributed by atoms with Crippen molar-refractivity contribution in [2.75, 3.05) is 5.32 Å². The maximum absolute atomic E-state index is 13.3. The van der Waals surface area contributed by atoms with E-state index in [2.05, 4.69) is 10.3 Å². The number of fused-ring (bicyclic) bond motifs is 1. The van der Waals surface area contributed by atoms with Gasteiger partial charge in [0.1, 0.15) is 17.3 Å². The molecule has 1 amide bonds. The van der Waals surface area contributed by atoms with E-state index in [1.54, 1.807) is 29.7 Å². The fraction of sp³-hybridized carbons (Fsp3) is 0.0526. The van der Waals surface area contributed by atoms with Crippen LogP contribution in [0.3, 0.4) is 0 Å². The molecule has 0 unspecified atom stereocenters. The van der Waals surface area contributed by atoms with Gasteiger partial charge in [-0.3, -0.25) is 19.3 Å². The molecule has 7 nitrogen and oxygen atoms in total. The molecule has 4 rings (SSSR count). The van der Waals surface area contributed by atoms with E-state index in [1.165, 1.54) is 41.7 Å². The number of rotatable bonds is 4. The van der Waals surface area contributed by atoms with Crippen molar-refractivity contribution in [2.24, 2.45) is 0 Å². The number of nitrogens with one attached hydrogen (secondary N) is 1. The fourth-order valence-corrected chi connectivity index (χ4v) is 3.56. The highest BCUT2D eigenvalue weighted by molar-refractivity contribution is 7.15. The average molecular weight is 396 g/mol. The number of nitro benzene ring substituents is 1. The Bertz CT molecular complexity index is 1210. The van der Waals surface area contributed by atoms with Crippen molar-refractivity contribution in [3.63, 3.8) is 0 Å². The van der Waals surface area contributed by atoms with E-state index in [-0.39, 0.29) is 17.1 Å². The number of nitro groups is 1. The molecule has 0 spiro atoms. The molecule has 2 aromatic carbocycles. The topological polar surface area (TPSA) is 89.5 Å². The second kappa shape index (κ2) is 6.86. The van der Waals surface area contributed by atoms with Gasteiger partial charge in [0.25, 0.3) is 11.6 Å². The summed E-state index contributed by atoms with van der Waals surface area (Å²) in [5.74, 6) is -0.460. The van der Waals surface area contributed by atoms with Gasteiger partial charge in [-0.1, -0.05) is 6.07 Å². The predicted octanol–water partition coefficient (Wildman–Crippen LogP) is 4.67. The van der Waals surface area contributed by atoms with Crippen LogP contribution in [-0.2, 0) is 0 Å². The van der Waals surface area contributed by atoms with Crippen LogP contribution in [0.4, 0.5) is 15.9 Å². The van der Waals surface area contributed by atoms with Crippen LogP contribution in [0.2, 0.25) is 0 Å². The number of anilines is 1. The molecule has 4 aromatic rings. The average Bonchev–Trinajstić information content (AvgIpc) is 3.25. The molecule has 28 heavy (non-hydrogen) atoms. The normalized spacial score (nSPS) is 10.9. The molecular formula is C19H13FN4O3S. The minimum atomic E-state index is -0.522. The predicted molar refractivity (Wildman–Crippen MR) is 104 cm³/mol. The second-order valence-corrected chi connectivity index (χ2v) is 6.96. The Morgan fingerprint density at radius 2 is 2.00 bits per heavy atom. The van der Waals surface area contributed by atoms with Crippen LogP contribution < -0.4 is 5.32 Å². The molecule has 0 saturated heterocycles. The lowest BCUT2D eigenvalue weighted by Gasteiger charge is -2.08. The first-order valence-electron chi connectivity index (χ1n) is 8.22. The third-order valence-corrected chi connectivity index (χ3v) is 5.04. The summed E-state index contributed by atoms with van der Waals surface area (Å²) in [6.07, 6.45) is 1.76. The summed E-state index contributed by atoms with van der Waals surface area (Å²) >= 11 is 1.39. The minimum Gasteiger partial charge on any atom is -0.306 e. The van der Waals surface area contributed by atoms with Crippen molar-refractivity contribution in [3.05, 3.63) is 81.1 Å². The molecule has 0 aliphatic carbocycles. The lowest BCUT2D eigenvalue weighted by Crippen LogP contribution is -2.14. The van der Waals surface area contributed by atoms with E-state index in [1.807, 2.05) is 5.38 Å². The zero-order chi connectivity index (χ0) is 19.8. The van der Waals surface area contributed by atoms with E-state index in [4.69, 9.17) is 0 Å². The van der Waals surface area contributed by atoms with E-state index in [0.717, 1.165) is 0 Å². The number of thiazole rings is 1. The maximum Gasteiger partial charge on any atom is 0.273 e. The number of amides is 1. The zero-order valence-electron chi connectivity index (χ0n) is 14.5. The quantitative estimate of drug-likeness (QED) is 0.401. The number of benzene rings is 2. The number of nitrogens with zero attached hydrogens (tertiary/aromatic N) is 3. The number of carbonyl (C=O) groups is 1. The van der Waals surface area contributed by atoms with Gasteiger partial charge in [0.2, 0.25) is 0 Å². The largest absolute Gasteiger partial charge is 0.306 e. The number of aromatic nitrogens is 2. The van der Waals surface area contributed by atoms with Crippen molar-refractivity contribution in [3.8, 4) is 11.3 Å². The zero-order valence-corrected chi connectivity index (χ0v) is 15.4. The van der Waals surface area contributed by atoms with Gasteiger partial charge in [-0.15, -0.1) is 11.3 Å². The van der Waals surface area contributed by atoms with Crippen LogP contribution in [0.15, 0.2) is 54.0 Å². The first-order chi connectivity index (χ1) is 13.4. The Labute approximate surface area is 162 Å². The first-order valence-corrected chi connectivity index (χ1v) is 9.10. The summed E-state index contributed by atoms with van der Waals surface area (Å²) in [5, 5.41) is 15.8. The van der Waals surface area contributed by atoms with Crippen LogP contribution in [0.25, 0.3) is 16.2 Å². The highest BCUT2D eigenvalue weighted by Gasteiger charge is 2.20. The van der Waals surface area contributed by atoms with Gasteiger partial charge in [0.05, 0.1) is 4.92 Å². The van der Waals surface area contributed by atoms with Gasteiger partial charge < -0.3 is 5.32 Å². The van der Waals surface area contributed by atoms with Gasteiger partial charge in [-0.25, -0.2) is 9.37 Å². The summed E-state index contributed by atoms with van der Waals surface area (Å²) in [7, 11) is 0. The highest BCUT2D eigenvalue weighted by atomic mass is 32.1. The lowest BCUT2D eigenvalue weighted by molar-refractivity contribution is -0.385. The molecule has 0 bridgehead atoms. The molecule has 0 radical (unpaired) electrons. The van der Waals surface area contributed by atoms with Gasteiger partial charge in [0.15, 0.2) is 4.96 Å². The van der Waals surface area contributed by atoms with Gasteiger partial charge >= 0.3 is 0 Å². The molecule has 2 aromatic heterocycles. The van der Waals surface area contributed by atoms with Crippen LogP contribution in [0, 0.1) is 22.9 Å². The van der Waals surface area contributed by atoms with Crippen LogP contribution in [0.1, 0.15) is 15.9 Å². The molecule has 9 heteroatoms. The van der Waals surface area contributed by atoms with E-state index < -0.39 is 10.8 Å². The molecule has 140 valence electrons. The van der Waals surface area contributed by atoms with Gasteiger partial charge in [0, 0.05) is 34.3 Å². The number of halogens is 1. The Morgan fingerprint density at radius 1 is 1.25 bits per heavy atom. The molecule has 0 fully saturated rings. The van der Waals surface area contributed by atoms with Crippen molar-refractivity contribution < 1.29 is 14.1 Å². The van der Waals surface area contributed by atoms with Gasteiger partial charge in [-0.2, -0.15) is 0 Å². The third kappa shape index (κ3) is 3.12.